The van der Waals surface area contributed by atoms with E-state index in [-0.39, 0.29) is 30.3 Å². The second-order valence-electron chi connectivity index (χ2n) is 3.86. The lowest BCUT2D eigenvalue weighted by Gasteiger charge is -2.27. The monoisotopic (exact) mass is 206 g/mol. The van der Waals surface area contributed by atoms with Gasteiger partial charge in [0.2, 0.25) is 5.91 Å². The molecule has 3 nitrogen and oxygen atoms in total. The van der Waals surface area contributed by atoms with Crippen molar-refractivity contribution in [1.82, 2.24) is 4.90 Å². The van der Waals surface area contributed by atoms with Crippen molar-refractivity contribution in [3.63, 3.8) is 0 Å². The number of carbonyl (C=O) groups is 1. The molecule has 0 aromatic rings. The number of carbonyl (C=O) groups excluding carboxylic acids is 1. The minimum Gasteiger partial charge on any atom is -0.349 e. The highest BCUT2D eigenvalue weighted by Gasteiger charge is 2.25. The Morgan fingerprint density at radius 3 is 2.46 bits per heavy atom. The third-order valence-corrected chi connectivity index (χ3v) is 2.50. The highest BCUT2D eigenvalue weighted by Crippen LogP contribution is 2.24. The van der Waals surface area contributed by atoms with E-state index in [1.54, 1.807) is 4.90 Å². The topological polar surface area (TPSA) is 46.3 Å². The summed E-state index contributed by atoms with van der Waals surface area (Å²) in [6, 6.07) is 0.243. The Kier molecular flexibility index (Phi) is 5.33. The Balaban J connectivity index is 0.00000144. The minimum absolute atomic E-state index is 0. The Morgan fingerprint density at radius 2 is 2.00 bits per heavy atom. The highest BCUT2D eigenvalue weighted by molar-refractivity contribution is 5.85. The van der Waals surface area contributed by atoms with Gasteiger partial charge in [-0.25, -0.2) is 0 Å². The van der Waals surface area contributed by atoms with Crippen LogP contribution in [0.25, 0.3) is 0 Å². The van der Waals surface area contributed by atoms with Gasteiger partial charge >= 0.3 is 0 Å². The lowest BCUT2D eigenvalue weighted by Crippen LogP contribution is -2.37. The van der Waals surface area contributed by atoms with Gasteiger partial charge in [-0.1, -0.05) is 6.42 Å². The van der Waals surface area contributed by atoms with Crippen molar-refractivity contribution < 1.29 is 4.79 Å². The maximum atomic E-state index is 11.5. The van der Waals surface area contributed by atoms with Gasteiger partial charge in [0.1, 0.15) is 0 Å². The summed E-state index contributed by atoms with van der Waals surface area (Å²) in [5.41, 5.74) is 5.79. The Hall–Kier alpha value is -0.280. The van der Waals surface area contributed by atoms with E-state index in [1.165, 1.54) is 0 Å². The van der Waals surface area contributed by atoms with Crippen LogP contribution in [0.3, 0.4) is 0 Å². The van der Waals surface area contributed by atoms with E-state index in [4.69, 9.17) is 5.73 Å². The highest BCUT2D eigenvalue weighted by atomic mass is 35.5. The number of rotatable bonds is 1. The van der Waals surface area contributed by atoms with Crippen LogP contribution < -0.4 is 5.73 Å². The van der Waals surface area contributed by atoms with Crippen molar-refractivity contribution >= 4 is 18.3 Å². The Bertz CT molecular complexity index is 173. The number of hydrogen-bond acceptors (Lipinski definition) is 2. The summed E-state index contributed by atoms with van der Waals surface area (Å²) >= 11 is 0. The zero-order valence-corrected chi connectivity index (χ0v) is 9.14. The van der Waals surface area contributed by atoms with Crippen LogP contribution in [0.4, 0.5) is 0 Å². The zero-order valence-electron chi connectivity index (χ0n) is 8.32. The van der Waals surface area contributed by atoms with Crippen LogP contribution in [0.2, 0.25) is 0 Å². The molecule has 1 amide bonds. The van der Waals surface area contributed by atoms with E-state index in [1.807, 2.05) is 14.1 Å². The molecule has 0 spiro atoms. The van der Waals surface area contributed by atoms with E-state index >= 15 is 0 Å². The molecule has 4 heteroatoms. The largest absolute Gasteiger partial charge is 0.349 e. The van der Waals surface area contributed by atoms with Crippen molar-refractivity contribution in [2.45, 2.75) is 31.7 Å². The maximum absolute atomic E-state index is 11.5. The van der Waals surface area contributed by atoms with Crippen LogP contribution in [0.5, 0.6) is 0 Å². The molecule has 0 aromatic carbocycles. The van der Waals surface area contributed by atoms with Crippen LogP contribution in [-0.4, -0.2) is 30.9 Å². The molecule has 0 aromatic heterocycles. The number of hydrogen-bond donors (Lipinski definition) is 1. The first-order chi connectivity index (χ1) is 5.61. The molecule has 1 saturated carbocycles. The lowest BCUT2D eigenvalue weighted by molar-refractivity contribution is -0.134. The molecule has 1 fully saturated rings. The van der Waals surface area contributed by atoms with Gasteiger partial charge in [0, 0.05) is 26.1 Å². The Morgan fingerprint density at radius 1 is 1.38 bits per heavy atom. The average Bonchev–Trinajstić information content (AvgIpc) is 2.03. The van der Waals surface area contributed by atoms with Gasteiger partial charge in [0.25, 0.3) is 0 Å². The summed E-state index contributed by atoms with van der Waals surface area (Å²) in [7, 11) is 3.62. The normalized spacial score (nSPS) is 27.6. The number of nitrogens with two attached hydrogens (primary N) is 1. The SMILES string of the molecule is CN(C)C(=O)[C@@H]1CCC[C@H](N)C1.Cl. The van der Waals surface area contributed by atoms with Crippen molar-refractivity contribution in [2.24, 2.45) is 11.7 Å². The second kappa shape index (κ2) is 5.45. The van der Waals surface area contributed by atoms with Crippen LogP contribution >= 0.6 is 12.4 Å². The van der Waals surface area contributed by atoms with Gasteiger partial charge in [-0.05, 0) is 19.3 Å². The van der Waals surface area contributed by atoms with Gasteiger partial charge in [-0.2, -0.15) is 0 Å². The summed E-state index contributed by atoms with van der Waals surface area (Å²) in [6.07, 6.45) is 4.07. The first-order valence-corrected chi connectivity index (χ1v) is 4.58. The summed E-state index contributed by atoms with van der Waals surface area (Å²) in [5.74, 6) is 0.425. The van der Waals surface area contributed by atoms with Gasteiger partial charge < -0.3 is 10.6 Å². The zero-order chi connectivity index (χ0) is 9.14. The first-order valence-electron chi connectivity index (χ1n) is 4.58. The average molecular weight is 207 g/mol. The summed E-state index contributed by atoms with van der Waals surface area (Å²) < 4.78 is 0. The predicted molar refractivity (Wildman–Crippen MR) is 55.9 cm³/mol. The molecule has 1 aliphatic carbocycles. The molecule has 0 unspecified atom stereocenters. The molecule has 13 heavy (non-hydrogen) atoms. The van der Waals surface area contributed by atoms with Gasteiger partial charge in [0.15, 0.2) is 0 Å². The fourth-order valence-corrected chi connectivity index (χ4v) is 1.82. The lowest BCUT2D eigenvalue weighted by atomic mass is 9.85. The Labute approximate surface area is 86.1 Å². The van der Waals surface area contributed by atoms with Crippen molar-refractivity contribution in [3.8, 4) is 0 Å². The molecule has 2 atom stereocenters. The quantitative estimate of drug-likeness (QED) is 0.696. The molecule has 0 radical (unpaired) electrons. The summed E-state index contributed by atoms with van der Waals surface area (Å²) in [5, 5.41) is 0. The van der Waals surface area contributed by atoms with Crippen molar-refractivity contribution in [2.75, 3.05) is 14.1 Å². The van der Waals surface area contributed by atoms with Crippen molar-refractivity contribution in [1.29, 1.82) is 0 Å². The fourth-order valence-electron chi connectivity index (χ4n) is 1.82. The number of amides is 1. The smallest absolute Gasteiger partial charge is 0.225 e. The number of nitrogens with zero attached hydrogens (tertiary/aromatic N) is 1. The molecule has 0 saturated heterocycles. The van der Waals surface area contributed by atoms with E-state index in [2.05, 4.69) is 0 Å². The molecular formula is C9H19ClN2O. The van der Waals surface area contributed by atoms with Gasteiger partial charge in [0.05, 0.1) is 0 Å². The first kappa shape index (κ1) is 12.7. The molecule has 0 bridgehead atoms. The van der Waals surface area contributed by atoms with E-state index in [0.717, 1.165) is 25.7 Å². The van der Waals surface area contributed by atoms with Crippen LogP contribution in [0, 0.1) is 5.92 Å². The van der Waals surface area contributed by atoms with Crippen LogP contribution in [0.15, 0.2) is 0 Å². The molecule has 1 rings (SSSR count). The summed E-state index contributed by atoms with van der Waals surface area (Å²) in [4.78, 5) is 13.2. The molecular weight excluding hydrogens is 188 g/mol. The fraction of sp³-hybridized carbons (Fsp3) is 0.889. The minimum atomic E-state index is 0. The molecule has 2 N–H and O–H groups in total. The molecule has 0 heterocycles. The van der Waals surface area contributed by atoms with E-state index in [0.29, 0.717) is 0 Å². The second-order valence-corrected chi connectivity index (χ2v) is 3.86. The maximum Gasteiger partial charge on any atom is 0.225 e. The van der Waals surface area contributed by atoms with Crippen LogP contribution in [0.1, 0.15) is 25.7 Å². The predicted octanol–water partition coefficient (Wildman–Crippen LogP) is 1.01. The van der Waals surface area contributed by atoms with Gasteiger partial charge in [-0.3, -0.25) is 4.79 Å². The van der Waals surface area contributed by atoms with E-state index < -0.39 is 0 Å². The summed E-state index contributed by atoms with van der Waals surface area (Å²) in [6.45, 7) is 0. The van der Waals surface area contributed by atoms with Crippen molar-refractivity contribution in [3.05, 3.63) is 0 Å². The molecule has 1 aliphatic rings. The third-order valence-electron chi connectivity index (χ3n) is 2.50. The third kappa shape index (κ3) is 3.53. The number of halogens is 1. The molecule has 0 aliphatic heterocycles. The van der Waals surface area contributed by atoms with Gasteiger partial charge in [-0.15, -0.1) is 12.4 Å². The standard InChI is InChI=1S/C9H18N2O.ClH/c1-11(2)9(12)7-4-3-5-8(10)6-7;/h7-8H,3-6,10H2,1-2H3;1H/t7-,8+;/m1./s1. The van der Waals surface area contributed by atoms with Crippen LogP contribution in [-0.2, 0) is 4.79 Å². The van der Waals surface area contributed by atoms with E-state index in [9.17, 15) is 4.79 Å². The molecule has 78 valence electrons.